The number of carboxylic acid groups (broad SMARTS) is 1. The molecule has 0 radical (unpaired) electrons. The number of ether oxygens (including phenoxy) is 1. The highest BCUT2D eigenvalue weighted by Gasteiger charge is 2.23. The first kappa shape index (κ1) is 13.5. The van der Waals surface area contributed by atoms with Crippen molar-refractivity contribution in [2.24, 2.45) is 5.92 Å². The van der Waals surface area contributed by atoms with Gasteiger partial charge in [0.15, 0.2) is 6.10 Å². The SMILES string of the molecule is CC(C)C(Oc1ccc2oc3ccccc3c2c1)C(=O)O. The van der Waals surface area contributed by atoms with Gasteiger partial charge < -0.3 is 14.3 Å². The molecule has 108 valence electrons. The molecule has 3 aromatic rings. The smallest absolute Gasteiger partial charge is 0.345 e. The number of benzene rings is 2. The number of rotatable bonds is 4. The van der Waals surface area contributed by atoms with Gasteiger partial charge in [0, 0.05) is 16.7 Å². The fraction of sp³-hybridized carbons (Fsp3) is 0.235. The van der Waals surface area contributed by atoms with E-state index in [1.165, 1.54) is 0 Å². The number of furan rings is 1. The van der Waals surface area contributed by atoms with Crippen molar-refractivity contribution in [3.05, 3.63) is 42.5 Å². The highest BCUT2D eigenvalue weighted by Crippen LogP contribution is 2.31. The van der Waals surface area contributed by atoms with Gasteiger partial charge in [0.25, 0.3) is 0 Å². The Hall–Kier alpha value is -2.49. The second-order valence-corrected chi connectivity index (χ2v) is 5.38. The summed E-state index contributed by atoms with van der Waals surface area (Å²) < 4.78 is 11.4. The fourth-order valence-corrected chi connectivity index (χ4v) is 2.40. The Bertz CT molecular complexity index is 801. The molecule has 0 aliphatic carbocycles. The Morgan fingerprint density at radius 2 is 1.81 bits per heavy atom. The topological polar surface area (TPSA) is 59.7 Å². The van der Waals surface area contributed by atoms with E-state index in [1.54, 1.807) is 6.07 Å². The summed E-state index contributed by atoms with van der Waals surface area (Å²) >= 11 is 0. The Morgan fingerprint density at radius 1 is 1.10 bits per heavy atom. The van der Waals surface area contributed by atoms with Crippen LogP contribution < -0.4 is 4.74 Å². The minimum atomic E-state index is -0.956. The molecule has 0 saturated carbocycles. The molecule has 0 aliphatic heterocycles. The number of hydrogen-bond donors (Lipinski definition) is 1. The largest absolute Gasteiger partial charge is 0.478 e. The highest BCUT2D eigenvalue weighted by molar-refractivity contribution is 6.05. The van der Waals surface area contributed by atoms with Crippen molar-refractivity contribution >= 4 is 27.9 Å². The molecule has 2 aromatic carbocycles. The average molecular weight is 284 g/mol. The van der Waals surface area contributed by atoms with Crippen molar-refractivity contribution in [1.82, 2.24) is 0 Å². The summed E-state index contributed by atoms with van der Waals surface area (Å²) in [6, 6.07) is 13.1. The molecular formula is C17H16O4. The first-order valence-corrected chi connectivity index (χ1v) is 6.87. The molecule has 0 fully saturated rings. The van der Waals surface area contributed by atoms with Gasteiger partial charge in [0.2, 0.25) is 0 Å². The number of carbonyl (C=O) groups is 1. The zero-order valence-electron chi connectivity index (χ0n) is 11.9. The lowest BCUT2D eigenvalue weighted by molar-refractivity contribution is -0.147. The lowest BCUT2D eigenvalue weighted by atomic mass is 10.1. The van der Waals surface area contributed by atoms with E-state index >= 15 is 0 Å². The van der Waals surface area contributed by atoms with Gasteiger partial charge in [-0.2, -0.15) is 0 Å². The Kier molecular flexibility index (Phi) is 3.29. The van der Waals surface area contributed by atoms with E-state index < -0.39 is 12.1 Å². The van der Waals surface area contributed by atoms with Crippen molar-refractivity contribution in [2.45, 2.75) is 20.0 Å². The molecule has 1 heterocycles. The van der Waals surface area contributed by atoms with Gasteiger partial charge >= 0.3 is 5.97 Å². The van der Waals surface area contributed by atoms with E-state index in [2.05, 4.69) is 0 Å². The van der Waals surface area contributed by atoms with Crippen LogP contribution in [0.3, 0.4) is 0 Å². The maximum Gasteiger partial charge on any atom is 0.345 e. The number of aliphatic carboxylic acids is 1. The monoisotopic (exact) mass is 284 g/mol. The fourth-order valence-electron chi connectivity index (χ4n) is 2.40. The molecule has 4 nitrogen and oxygen atoms in total. The number of para-hydroxylation sites is 1. The van der Waals surface area contributed by atoms with Crippen molar-refractivity contribution in [3.63, 3.8) is 0 Å². The molecule has 21 heavy (non-hydrogen) atoms. The van der Waals surface area contributed by atoms with Gasteiger partial charge in [-0.15, -0.1) is 0 Å². The molecule has 1 unspecified atom stereocenters. The molecule has 4 heteroatoms. The molecular weight excluding hydrogens is 268 g/mol. The van der Waals surface area contributed by atoms with Crippen LogP contribution in [0.2, 0.25) is 0 Å². The molecule has 3 rings (SSSR count). The Morgan fingerprint density at radius 3 is 2.52 bits per heavy atom. The Balaban J connectivity index is 2.04. The number of fused-ring (bicyclic) bond motifs is 3. The van der Waals surface area contributed by atoms with Crippen LogP contribution in [-0.4, -0.2) is 17.2 Å². The maximum absolute atomic E-state index is 11.2. The summed E-state index contributed by atoms with van der Waals surface area (Å²) in [6.45, 7) is 3.65. The van der Waals surface area contributed by atoms with Crippen LogP contribution in [0.1, 0.15) is 13.8 Å². The predicted octanol–water partition coefficient (Wildman–Crippen LogP) is 4.07. The maximum atomic E-state index is 11.2. The van der Waals surface area contributed by atoms with Crippen LogP contribution >= 0.6 is 0 Å². The number of hydrogen-bond acceptors (Lipinski definition) is 3. The van der Waals surface area contributed by atoms with Crippen LogP contribution in [0.5, 0.6) is 5.75 Å². The van der Waals surface area contributed by atoms with Gasteiger partial charge in [0.05, 0.1) is 0 Å². The summed E-state index contributed by atoms with van der Waals surface area (Å²) in [5.74, 6) is -0.531. The van der Waals surface area contributed by atoms with Crippen LogP contribution in [0, 0.1) is 5.92 Å². The minimum Gasteiger partial charge on any atom is -0.478 e. The predicted molar refractivity (Wildman–Crippen MR) is 80.6 cm³/mol. The van der Waals surface area contributed by atoms with E-state index in [0.717, 1.165) is 21.9 Å². The third-order valence-corrected chi connectivity index (χ3v) is 3.46. The van der Waals surface area contributed by atoms with E-state index in [4.69, 9.17) is 9.15 Å². The van der Waals surface area contributed by atoms with Crippen LogP contribution in [0.4, 0.5) is 0 Å². The summed E-state index contributed by atoms with van der Waals surface area (Å²) in [5.41, 5.74) is 1.57. The average Bonchev–Trinajstić information content (AvgIpc) is 2.82. The standard InChI is InChI=1S/C17H16O4/c1-10(2)16(17(18)19)20-11-7-8-15-13(9-11)12-5-3-4-6-14(12)21-15/h3-10,16H,1-2H3,(H,18,19). The Labute approximate surface area is 121 Å². The minimum absolute atomic E-state index is 0.112. The van der Waals surface area contributed by atoms with Gasteiger partial charge in [0.1, 0.15) is 16.9 Å². The quantitative estimate of drug-likeness (QED) is 0.784. The molecule has 0 amide bonds. The van der Waals surface area contributed by atoms with Crippen molar-refractivity contribution in [3.8, 4) is 5.75 Å². The molecule has 0 spiro atoms. The van der Waals surface area contributed by atoms with E-state index in [0.29, 0.717) is 5.75 Å². The zero-order valence-corrected chi connectivity index (χ0v) is 11.9. The van der Waals surface area contributed by atoms with Crippen LogP contribution in [0.15, 0.2) is 46.9 Å². The van der Waals surface area contributed by atoms with E-state index in [9.17, 15) is 9.90 Å². The molecule has 1 atom stereocenters. The molecule has 0 bridgehead atoms. The summed E-state index contributed by atoms with van der Waals surface area (Å²) in [7, 11) is 0. The van der Waals surface area contributed by atoms with E-state index in [1.807, 2.05) is 50.2 Å². The molecule has 1 N–H and O–H groups in total. The summed E-state index contributed by atoms with van der Waals surface area (Å²) in [5, 5.41) is 11.1. The summed E-state index contributed by atoms with van der Waals surface area (Å²) in [6.07, 6.45) is -0.861. The summed E-state index contributed by atoms with van der Waals surface area (Å²) in [4.78, 5) is 11.2. The first-order valence-electron chi connectivity index (χ1n) is 6.87. The van der Waals surface area contributed by atoms with Crippen molar-refractivity contribution < 1.29 is 19.1 Å². The lowest BCUT2D eigenvalue weighted by Crippen LogP contribution is -2.32. The highest BCUT2D eigenvalue weighted by atomic mass is 16.5. The van der Waals surface area contributed by atoms with Gasteiger partial charge in [-0.05, 0) is 24.3 Å². The lowest BCUT2D eigenvalue weighted by Gasteiger charge is -2.18. The molecule has 0 saturated heterocycles. The van der Waals surface area contributed by atoms with Crippen LogP contribution in [-0.2, 0) is 4.79 Å². The second-order valence-electron chi connectivity index (χ2n) is 5.38. The van der Waals surface area contributed by atoms with Gasteiger partial charge in [-0.1, -0.05) is 32.0 Å². The molecule has 1 aromatic heterocycles. The normalized spacial score (nSPS) is 12.9. The van der Waals surface area contributed by atoms with E-state index in [-0.39, 0.29) is 5.92 Å². The zero-order chi connectivity index (χ0) is 15.0. The van der Waals surface area contributed by atoms with Crippen molar-refractivity contribution in [2.75, 3.05) is 0 Å². The van der Waals surface area contributed by atoms with Gasteiger partial charge in [-0.25, -0.2) is 4.79 Å². The van der Waals surface area contributed by atoms with Gasteiger partial charge in [-0.3, -0.25) is 0 Å². The third kappa shape index (κ3) is 2.44. The van der Waals surface area contributed by atoms with Crippen LogP contribution in [0.25, 0.3) is 21.9 Å². The second kappa shape index (κ2) is 5.13. The molecule has 0 aliphatic rings. The third-order valence-electron chi connectivity index (χ3n) is 3.46. The number of carboxylic acids is 1. The first-order chi connectivity index (χ1) is 10.1. The van der Waals surface area contributed by atoms with Crippen molar-refractivity contribution in [1.29, 1.82) is 0 Å².